The zero-order valence-electron chi connectivity index (χ0n) is 21.9. The number of carbonyl (C=O) groups excluding carboxylic acids is 1. The third kappa shape index (κ3) is 9.25. The third-order valence-corrected chi connectivity index (χ3v) is 6.46. The van der Waals surface area contributed by atoms with Gasteiger partial charge in [0.1, 0.15) is 11.9 Å². The number of allylic oxidation sites excluding steroid dienone is 5. The van der Waals surface area contributed by atoms with Crippen molar-refractivity contribution in [1.29, 1.82) is 5.26 Å². The topological polar surface area (TPSA) is 65.4 Å². The van der Waals surface area contributed by atoms with E-state index in [1.165, 1.54) is 11.1 Å². The average Bonchev–Trinajstić information content (AvgIpc) is 2.93. The van der Waals surface area contributed by atoms with E-state index in [4.69, 9.17) is 10.00 Å². The largest absolute Gasteiger partial charge is 0.491 e. The van der Waals surface area contributed by atoms with E-state index in [2.05, 4.69) is 36.2 Å². The van der Waals surface area contributed by atoms with Crippen LogP contribution in [0.25, 0.3) is 0 Å². The van der Waals surface area contributed by atoms with E-state index in [0.29, 0.717) is 5.56 Å². The Kier molecular flexibility index (Phi) is 10.9. The Hall–Kier alpha value is -3.88. The molecule has 1 fully saturated rings. The van der Waals surface area contributed by atoms with Crippen molar-refractivity contribution in [3.63, 3.8) is 0 Å². The molecule has 1 aliphatic heterocycles. The van der Waals surface area contributed by atoms with E-state index in [9.17, 15) is 4.79 Å². The van der Waals surface area contributed by atoms with Gasteiger partial charge in [-0.15, -0.1) is 0 Å². The van der Waals surface area contributed by atoms with Crippen LogP contribution < -0.4 is 5.32 Å². The first kappa shape index (κ1) is 27.7. The second-order valence-corrected chi connectivity index (χ2v) is 9.18. The molecule has 5 heteroatoms. The number of hydrogen-bond acceptors (Lipinski definition) is 4. The number of piperidine rings is 1. The lowest BCUT2D eigenvalue weighted by atomic mass is 10.0. The lowest BCUT2D eigenvalue weighted by Gasteiger charge is -2.31. The highest BCUT2D eigenvalue weighted by Crippen LogP contribution is 2.19. The Morgan fingerprint density at radius 1 is 1.14 bits per heavy atom. The van der Waals surface area contributed by atoms with Gasteiger partial charge in [-0.1, -0.05) is 67.3 Å². The van der Waals surface area contributed by atoms with Crippen molar-refractivity contribution >= 4 is 5.91 Å². The van der Waals surface area contributed by atoms with Crippen LogP contribution in [0.3, 0.4) is 0 Å². The summed E-state index contributed by atoms with van der Waals surface area (Å²) >= 11 is 0. The number of nitrogens with zero attached hydrogens (tertiary/aromatic N) is 2. The summed E-state index contributed by atoms with van der Waals surface area (Å²) in [6, 6.07) is 20.3. The minimum Gasteiger partial charge on any atom is -0.491 e. The van der Waals surface area contributed by atoms with Crippen LogP contribution in [0.4, 0.5) is 0 Å². The summed E-state index contributed by atoms with van der Waals surface area (Å²) < 4.78 is 6.16. The number of carbonyl (C=O) groups is 1. The summed E-state index contributed by atoms with van der Waals surface area (Å²) in [7, 11) is 0. The molecule has 37 heavy (non-hydrogen) atoms. The summed E-state index contributed by atoms with van der Waals surface area (Å²) in [6.45, 7) is 10.1. The minimum atomic E-state index is 0.0497. The summed E-state index contributed by atoms with van der Waals surface area (Å²) in [5, 5.41) is 12.6. The number of likely N-dealkylation sites (tertiary alicyclic amines) is 1. The van der Waals surface area contributed by atoms with Gasteiger partial charge in [0, 0.05) is 39.4 Å². The highest BCUT2D eigenvalue weighted by Gasteiger charge is 2.21. The molecule has 0 saturated carbocycles. The van der Waals surface area contributed by atoms with Gasteiger partial charge in [-0.3, -0.25) is 4.79 Å². The Balaban J connectivity index is 1.55. The van der Waals surface area contributed by atoms with Gasteiger partial charge in [0.05, 0.1) is 17.7 Å². The maximum absolute atomic E-state index is 11.5. The van der Waals surface area contributed by atoms with Crippen molar-refractivity contribution in [2.75, 3.05) is 19.6 Å². The van der Waals surface area contributed by atoms with Gasteiger partial charge in [-0.05, 0) is 54.3 Å². The number of benzene rings is 2. The molecule has 0 aromatic heterocycles. The fraction of sp³-hybridized carbons (Fsp3) is 0.312. The van der Waals surface area contributed by atoms with Crippen LogP contribution >= 0.6 is 0 Å². The van der Waals surface area contributed by atoms with Crippen LogP contribution in [-0.4, -0.2) is 36.5 Å². The van der Waals surface area contributed by atoms with Crippen molar-refractivity contribution < 1.29 is 9.53 Å². The highest BCUT2D eigenvalue weighted by molar-refractivity contribution is 5.73. The van der Waals surface area contributed by atoms with E-state index < -0.39 is 0 Å². The fourth-order valence-corrected chi connectivity index (χ4v) is 4.22. The molecule has 1 heterocycles. The van der Waals surface area contributed by atoms with Crippen molar-refractivity contribution in [2.24, 2.45) is 0 Å². The minimum absolute atomic E-state index is 0.0497. The monoisotopic (exact) mass is 495 g/mol. The molecule has 1 atom stereocenters. The normalized spacial score (nSPS) is 15.6. The third-order valence-electron chi connectivity index (χ3n) is 6.46. The molecule has 2 aromatic rings. The van der Waals surface area contributed by atoms with Crippen LogP contribution in [-0.2, 0) is 16.0 Å². The molecule has 2 aromatic carbocycles. The summed E-state index contributed by atoms with van der Waals surface area (Å²) in [5.41, 5.74) is 3.94. The molecule has 192 valence electrons. The molecule has 1 amide bonds. The van der Waals surface area contributed by atoms with E-state index in [0.717, 1.165) is 50.2 Å². The molecule has 3 rings (SSSR count). The molecule has 0 aliphatic carbocycles. The number of hydrogen-bond donors (Lipinski definition) is 1. The number of nitrogens with one attached hydrogen (secondary N) is 1. The maximum atomic E-state index is 11.5. The van der Waals surface area contributed by atoms with Crippen molar-refractivity contribution in [3.8, 4) is 6.07 Å². The van der Waals surface area contributed by atoms with Gasteiger partial charge in [-0.2, -0.15) is 5.26 Å². The zero-order valence-corrected chi connectivity index (χ0v) is 21.9. The van der Waals surface area contributed by atoms with Crippen molar-refractivity contribution in [3.05, 3.63) is 120 Å². The van der Waals surface area contributed by atoms with Crippen LogP contribution in [0.2, 0.25) is 0 Å². The van der Waals surface area contributed by atoms with Gasteiger partial charge < -0.3 is 15.0 Å². The van der Waals surface area contributed by atoms with Crippen molar-refractivity contribution in [2.45, 2.75) is 45.3 Å². The number of nitriles is 1. The fourth-order valence-electron chi connectivity index (χ4n) is 4.22. The number of rotatable bonds is 11. The van der Waals surface area contributed by atoms with E-state index in [1.807, 2.05) is 78.6 Å². The second-order valence-electron chi connectivity index (χ2n) is 9.18. The molecule has 1 N–H and O–H groups in total. The standard InChI is InChI=1S/C32H37N3O2/c1-4-30(37-31-19-22-35(23-20-31)26(3)36)16-10-25(2)11-17-32(29-8-6-5-7-9-29)34-21-18-27-12-14-28(24-33)15-13-27/h4-17,31-32,34H,2,18-23H2,1,3H3/b16-10-,17-11+,30-4+. The lowest BCUT2D eigenvalue weighted by molar-refractivity contribution is -0.130. The molecule has 1 unspecified atom stereocenters. The second kappa shape index (κ2) is 14.6. The Morgan fingerprint density at radius 2 is 1.84 bits per heavy atom. The van der Waals surface area contributed by atoms with E-state index in [-0.39, 0.29) is 18.1 Å². The van der Waals surface area contributed by atoms with E-state index in [1.54, 1.807) is 6.92 Å². The molecule has 0 radical (unpaired) electrons. The lowest BCUT2D eigenvalue weighted by Crippen LogP contribution is -2.39. The Morgan fingerprint density at radius 3 is 2.46 bits per heavy atom. The predicted molar refractivity (Wildman–Crippen MR) is 150 cm³/mol. The average molecular weight is 496 g/mol. The smallest absolute Gasteiger partial charge is 0.219 e. The first-order valence-electron chi connectivity index (χ1n) is 12.9. The van der Waals surface area contributed by atoms with Crippen LogP contribution in [0, 0.1) is 11.3 Å². The Labute approximate surface area is 221 Å². The predicted octanol–water partition coefficient (Wildman–Crippen LogP) is 6.03. The maximum Gasteiger partial charge on any atom is 0.219 e. The van der Waals surface area contributed by atoms with Gasteiger partial charge in [0.15, 0.2) is 0 Å². The molecule has 1 saturated heterocycles. The number of ether oxygens (including phenoxy) is 1. The molecule has 0 bridgehead atoms. The van der Waals surface area contributed by atoms with Gasteiger partial charge in [0.25, 0.3) is 0 Å². The van der Waals surface area contributed by atoms with Gasteiger partial charge in [-0.25, -0.2) is 0 Å². The number of amides is 1. The first-order chi connectivity index (χ1) is 18.0. The van der Waals surface area contributed by atoms with Crippen LogP contribution in [0.5, 0.6) is 0 Å². The molecular weight excluding hydrogens is 458 g/mol. The summed E-state index contributed by atoms with van der Waals surface area (Å²) in [4.78, 5) is 13.4. The molecule has 1 aliphatic rings. The van der Waals surface area contributed by atoms with Gasteiger partial charge in [0.2, 0.25) is 5.91 Å². The Bertz CT molecular complexity index is 1150. The SMILES string of the molecule is C=C(/C=C\C(=C/C)OC1CCN(C(C)=O)CC1)/C=C/C(NCCc1ccc(C#N)cc1)c1ccccc1. The van der Waals surface area contributed by atoms with Gasteiger partial charge >= 0.3 is 0 Å². The molecule has 5 nitrogen and oxygen atoms in total. The van der Waals surface area contributed by atoms with Crippen LogP contribution in [0.15, 0.2) is 103 Å². The van der Waals surface area contributed by atoms with Crippen molar-refractivity contribution in [1.82, 2.24) is 10.2 Å². The van der Waals surface area contributed by atoms with E-state index >= 15 is 0 Å². The first-order valence-corrected chi connectivity index (χ1v) is 12.9. The zero-order chi connectivity index (χ0) is 26.5. The highest BCUT2D eigenvalue weighted by atomic mass is 16.5. The molecule has 0 spiro atoms. The quantitative estimate of drug-likeness (QED) is 0.305. The molecular formula is C32H37N3O2. The van der Waals surface area contributed by atoms with Crippen LogP contribution in [0.1, 0.15) is 49.4 Å². The summed E-state index contributed by atoms with van der Waals surface area (Å²) in [5.74, 6) is 0.946. The summed E-state index contributed by atoms with van der Waals surface area (Å²) in [6.07, 6.45) is 12.7.